The first-order chi connectivity index (χ1) is 10.8. The Morgan fingerprint density at radius 2 is 1.87 bits per heavy atom. The molecule has 0 aromatic heterocycles. The third-order valence-corrected chi connectivity index (χ3v) is 4.01. The highest BCUT2D eigenvalue weighted by Crippen LogP contribution is 2.27. The Balaban J connectivity index is 2.53. The van der Waals surface area contributed by atoms with Gasteiger partial charge in [-0.25, -0.2) is 4.79 Å². The van der Waals surface area contributed by atoms with Gasteiger partial charge in [0.1, 0.15) is 12.7 Å². The van der Waals surface area contributed by atoms with E-state index in [4.69, 9.17) is 9.47 Å². The van der Waals surface area contributed by atoms with Gasteiger partial charge in [-0.3, -0.25) is 4.79 Å². The summed E-state index contributed by atoms with van der Waals surface area (Å²) in [4.78, 5) is 23.1. The van der Waals surface area contributed by atoms with Gasteiger partial charge < -0.3 is 9.47 Å². The predicted octanol–water partition coefficient (Wildman–Crippen LogP) is 4.28. The van der Waals surface area contributed by atoms with Crippen LogP contribution >= 0.6 is 0 Å². The van der Waals surface area contributed by atoms with E-state index < -0.39 is 0 Å². The first kappa shape index (κ1) is 19.7. The molecule has 0 saturated carbocycles. The van der Waals surface area contributed by atoms with Crippen molar-refractivity contribution in [1.82, 2.24) is 0 Å². The molecule has 1 aliphatic heterocycles. The van der Waals surface area contributed by atoms with Crippen molar-refractivity contribution in [2.45, 2.75) is 72.8 Å². The molecule has 0 spiro atoms. The van der Waals surface area contributed by atoms with Gasteiger partial charge in [0.25, 0.3) is 0 Å². The van der Waals surface area contributed by atoms with Crippen molar-refractivity contribution in [2.24, 2.45) is 17.8 Å². The zero-order valence-electron chi connectivity index (χ0n) is 15.3. The van der Waals surface area contributed by atoms with Gasteiger partial charge in [0.05, 0.1) is 0 Å². The number of esters is 2. The Hall–Kier alpha value is -1.32. The number of allylic oxidation sites excluding steroid dienone is 1. The summed E-state index contributed by atoms with van der Waals surface area (Å²) in [6.07, 6.45) is 5.88. The SMILES string of the molecule is CCC(=O)OCC1C/C(=C\CC(CC(C)C)CC(C)C)C(=O)O1. The van der Waals surface area contributed by atoms with Crippen molar-refractivity contribution < 1.29 is 19.1 Å². The van der Waals surface area contributed by atoms with Crippen molar-refractivity contribution >= 4 is 11.9 Å². The van der Waals surface area contributed by atoms with Crippen LogP contribution in [0.5, 0.6) is 0 Å². The van der Waals surface area contributed by atoms with Gasteiger partial charge in [-0.15, -0.1) is 0 Å². The number of hydrogen-bond donors (Lipinski definition) is 0. The van der Waals surface area contributed by atoms with Crippen molar-refractivity contribution in [2.75, 3.05) is 6.61 Å². The summed E-state index contributed by atoms with van der Waals surface area (Å²) in [6, 6.07) is 0. The molecule has 1 atom stereocenters. The monoisotopic (exact) mass is 324 g/mol. The molecule has 4 nitrogen and oxygen atoms in total. The molecule has 0 aromatic carbocycles. The van der Waals surface area contributed by atoms with Gasteiger partial charge in [0.15, 0.2) is 0 Å². The number of carbonyl (C=O) groups is 2. The van der Waals surface area contributed by atoms with Crippen LogP contribution in [0.25, 0.3) is 0 Å². The molecule has 0 aromatic rings. The molecule has 132 valence electrons. The maximum Gasteiger partial charge on any atom is 0.334 e. The number of ether oxygens (including phenoxy) is 2. The van der Waals surface area contributed by atoms with E-state index in [0.29, 0.717) is 30.6 Å². The molecule has 0 N–H and O–H groups in total. The van der Waals surface area contributed by atoms with E-state index in [0.717, 1.165) is 12.0 Å². The molecule has 1 heterocycles. The zero-order chi connectivity index (χ0) is 17.4. The number of carbonyl (C=O) groups excluding carboxylic acids is 2. The number of hydrogen-bond acceptors (Lipinski definition) is 4. The summed E-state index contributed by atoms with van der Waals surface area (Å²) in [7, 11) is 0. The molecule has 4 heteroatoms. The quantitative estimate of drug-likeness (QED) is 0.469. The van der Waals surface area contributed by atoms with Crippen LogP contribution < -0.4 is 0 Å². The van der Waals surface area contributed by atoms with Gasteiger partial charge in [-0.2, -0.15) is 0 Å². The van der Waals surface area contributed by atoms with Crippen molar-refractivity contribution in [1.29, 1.82) is 0 Å². The third kappa shape index (κ3) is 7.67. The summed E-state index contributed by atoms with van der Waals surface area (Å²) >= 11 is 0. The lowest BCUT2D eigenvalue weighted by molar-refractivity contribution is -0.151. The molecule has 1 fully saturated rings. The second-order valence-corrected chi connectivity index (χ2v) is 7.36. The van der Waals surface area contributed by atoms with Crippen LogP contribution in [0.3, 0.4) is 0 Å². The Morgan fingerprint density at radius 1 is 1.26 bits per heavy atom. The van der Waals surface area contributed by atoms with Crippen LogP contribution in [0.4, 0.5) is 0 Å². The van der Waals surface area contributed by atoms with Crippen LogP contribution in [0, 0.1) is 17.8 Å². The fourth-order valence-corrected chi connectivity index (χ4v) is 3.08. The van der Waals surface area contributed by atoms with Crippen molar-refractivity contribution in [3.63, 3.8) is 0 Å². The molecular weight excluding hydrogens is 292 g/mol. The average molecular weight is 324 g/mol. The highest BCUT2D eigenvalue weighted by molar-refractivity contribution is 5.90. The standard InChI is InChI=1S/C19H32O4/c1-6-18(20)22-12-17-11-16(19(21)23-17)8-7-15(9-13(2)3)10-14(4)5/h8,13-15,17H,6-7,9-12H2,1-5H3/b16-8+. The van der Waals surface area contributed by atoms with Gasteiger partial charge in [-0.1, -0.05) is 40.7 Å². The van der Waals surface area contributed by atoms with Crippen molar-refractivity contribution in [3.8, 4) is 0 Å². The fourth-order valence-electron chi connectivity index (χ4n) is 3.08. The zero-order valence-corrected chi connectivity index (χ0v) is 15.3. The van der Waals surface area contributed by atoms with Gasteiger partial charge >= 0.3 is 11.9 Å². The summed E-state index contributed by atoms with van der Waals surface area (Å²) < 4.78 is 10.3. The highest BCUT2D eigenvalue weighted by atomic mass is 16.6. The smallest absolute Gasteiger partial charge is 0.334 e. The lowest BCUT2D eigenvalue weighted by Gasteiger charge is -2.19. The second kappa shape index (κ2) is 9.74. The fraction of sp³-hybridized carbons (Fsp3) is 0.789. The largest absolute Gasteiger partial charge is 0.462 e. The van der Waals surface area contributed by atoms with E-state index in [9.17, 15) is 9.59 Å². The lowest BCUT2D eigenvalue weighted by atomic mass is 9.86. The summed E-state index contributed by atoms with van der Waals surface area (Å²) in [5.41, 5.74) is 0.736. The molecule has 23 heavy (non-hydrogen) atoms. The van der Waals surface area contributed by atoms with Crippen LogP contribution in [0.15, 0.2) is 11.6 Å². The lowest BCUT2D eigenvalue weighted by Crippen LogP contribution is -2.17. The van der Waals surface area contributed by atoms with Crippen LogP contribution in [-0.2, 0) is 19.1 Å². The normalized spacial score (nSPS) is 19.9. The topological polar surface area (TPSA) is 52.6 Å². The summed E-state index contributed by atoms with van der Waals surface area (Å²) in [6.45, 7) is 10.9. The van der Waals surface area contributed by atoms with Crippen LogP contribution in [0.1, 0.15) is 66.7 Å². The molecular formula is C19H32O4. The molecule has 0 bridgehead atoms. The maximum atomic E-state index is 11.9. The summed E-state index contributed by atoms with van der Waals surface area (Å²) in [5.74, 6) is 1.41. The Morgan fingerprint density at radius 3 is 2.39 bits per heavy atom. The Kier molecular flexibility index (Phi) is 8.35. The van der Waals surface area contributed by atoms with Crippen molar-refractivity contribution in [3.05, 3.63) is 11.6 Å². The first-order valence-electron chi connectivity index (χ1n) is 8.87. The van der Waals surface area contributed by atoms with Gasteiger partial charge in [-0.05, 0) is 37.0 Å². The van der Waals surface area contributed by atoms with E-state index in [1.54, 1.807) is 6.92 Å². The van der Waals surface area contributed by atoms with Gasteiger partial charge in [0, 0.05) is 18.4 Å². The van der Waals surface area contributed by atoms with E-state index in [-0.39, 0.29) is 24.6 Å². The molecule has 0 amide bonds. The molecule has 1 unspecified atom stereocenters. The maximum absolute atomic E-state index is 11.9. The average Bonchev–Trinajstić information content (AvgIpc) is 2.81. The molecule has 1 saturated heterocycles. The third-order valence-electron chi connectivity index (χ3n) is 4.01. The van der Waals surface area contributed by atoms with Gasteiger partial charge in [0.2, 0.25) is 0 Å². The Bertz CT molecular complexity index is 413. The highest BCUT2D eigenvalue weighted by Gasteiger charge is 2.29. The Labute approximate surface area is 140 Å². The first-order valence-corrected chi connectivity index (χ1v) is 8.87. The van der Waals surface area contributed by atoms with Crippen LogP contribution in [0.2, 0.25) is 0 Å². The minimum Gasteiger partial charge on any atom is -0.462 e. The molecule has 0 radical (unpaired) electrons. The molecule has 0 aliphatic carbocycles. The molecule has 1 aliphatic rings. The molecule has 1 rings (SSSR count). The minimum atomic E-state index is -0.321. The van der Waals surface area contributed by atoms with E-state index >= 15 is 0 Å². The minimum absolute atomic E-state index is 0.164. The number of rotatable bonds is 9. The number of cyclic esters (lactones) is 1. The van der Waals surface area contributed by atoms with Crippen LogP contribution in [-0.4, -0.2) is 24.6 Å². The van der Waals surface area contributed by atoms with E-state index in [1.165, 1.54) is 12.8 Å². The predicted molar refractivity (Wildman–Crippen MR) is 90.8 cm³/mol. The summed E-state index contributed by atoms with van der Waals surface area (Å²) in [5, 5.41) is 0. The second-order valence-electron chi connectivity index (χ2n) is 7.36. The van der Waals surface area contributed by atoms with E-state index in [1.807, 2.05) is 6.08 Å². The van der Waals surface area contributed by atoms with E-state index in [2.05, 4.69) is 27.7 Å².